The van der Waals surface area contributed by atoms with E-state index in [4.69, 9.17) is 0 Å². The summed E-state index contributed by atoms with van der Waals surface area (Å²) in [5.74, 6) is 1.48. The predicted molar refractivity (Wildman–Crippen MR) is 46.7 cm³/mol. The fraction of sp³-hybridized carbons (Fsp3) is 0.778. The van der Waals surface area contributed by atoms with Gasteiger partial charge in [0.2, 0.25) is 5.91 Å². The smallest absolute Gasteiger partial charge is 0.236 e. The summed E-state index contributed by atoms with van der Waals surface area (Å²) in [6, 6.07) is 0. The van der Waals surface area contributed by atoms with Crippen LogP contribution in [0.2, 0.25) is 0 Å². The molecule has 0 spiro atoms. The SMILES string of the molecule is CC(=O)NN=C1CC2CCC1C2. The number of fused-ring (bicyclic) bond motifs is 2. The molecule has 2 fully saturated rings. The Hall–Kier alpha value is -0.860. The van der Waals surface area contributed by atoms with Crippen molar-refractivity contribution in [1.29, 1.82) is 0 Å². The zero-order chi connectivity index (χ0) is 8.55. The molecule has 12 heavy (non-hydrogen) atoms. The van der Waals surface area contributed by atoms with Gasteiger partial charge in [-0.1, -0.05) is 0 Å². The van der Waals surface area contributed by atoms with E-state index in [1.165, 1.54) is 31.9 Å². The van der Waals surface area contributed by atoms with Gasteiger partial charge >= 0.3 is 0 Å². The third-order valence-corrected chi connectivity index (χ3v) is 2.87. The second-order valence-corrected chi connectivity index (χ2v) is 3.85. The monoisotopic (exact) mass is 166 g/mol. The van der Waals surface area contributed by atoms with Crippen LogP contribution in [0.3, 0.4) is 0 Å². The van der Waals surface area contributed by atoms with Crippen LogP contribution in [-0.4, -0.2) is 11.6 Å². The van der Waals surface area contributed by atoms with Crippen LogP contribution in [0.5, 0.6) is 0 Å². The molecule has 0 heterocycles. The summed E-state index contributed by atoms with van der Waals surface area (Å²) in [5, 5.41) is 4.12. The van der Waals surface area contributed by atoms with Gasteiger partial charge in [-0.15, -0.1) is 0 Å². The Morgan fingerprint density at radius 2 is 2.42 bits per heavy atom. The molecule has 2 aliphatic carbocycles. The molecule has 0 aromatic heterocycles. The molecule has 0 aromatic carbocycles. The van der Waals surface area contributed by atoms with Gasteiger partial charge in [0.25, 0.3) is 0 Å². The first-order valence-electron chi connectivity index (χ1n) is 4.58. The van der Waals surface area contributed by atoms with Crippen LogP contribution in [0.15, 0.2) is 5.10 Å². The fourth-order valence-electron chi connectivity index (χ4n) is 2.31. The van der Waals surface area contributed by atoms with E-state index in [1.54, 1.807) is 0 Å². The standard InChI is InChI=1S/C9H14N2O/c1-6(12)10-11-9-5-7-2-3-8(9)4-7/h7-8H,2-5H2,1H3,(H,10,12). The van der Waals surface area contributed by atoms with Gasteiger partial charge in [0, 0.05) is 12.6 Å². The van der Waals surface area contributed by atoms with Gasteiger partial charge < -0.3 is 0 Å². The minimum atomic E-state index is -0.0646. The summed E-state index contributed by atoms with van der Waals surface area (Å²) >= 11 is 0. The van der Waals surface area contributed by atoms with Crippen LogP contribution in [-0.2, 0) is 4.79 Å². The molecular formula is C9H14N2O. The van der Waals surface area contributed by atoms with Crippen molar-refractivity contribution >= 4 is 11.6 Å². The zero-order valence-electron chi connectivity index (χ0n) is 7.34. The quantitative estimate of drug-likeness (QED) is 0.586. The molecule has 2 atom stereocenters. The van der Waals surface area contributed by atoms with E-state index in [1.807, 2.05) is 0 Å². The molecule has 2 rings (SSSR count). The van der Waals surface area contributed by atoms with Gasteiger partial charge in [0.05, 0.1) is 0 Å². The van der Waals surface area contributed by atoms with Crippen molar-refractivity contribution in [2.75, 3.05) is 0 Å². The van der Waals surface area contributed by atoms with Gasteiger partial charge in [-0.25, -0.2) is 5.43 Å². The van der Waals surface area contributed by atoms with E-state index in [2.05, 4.69) is 10.5 Å². The predicted octanol–water partition coefficient (Wildman–Crippen LogP) is 1.30. The number of amides is 1. The van der Waals surface area contributed by atoms with E-state index in [0.29, 0.717) is 5.92 Å². The van der Waals surface area contributed by atoms with Gasteiger partial charge in [-0.3, -0.25) is 4.79 Å². The lowest BCUT2D eigenvalue weighted by Gasteiger charge is -2.10. The summed E-state index contributed by atoms with van der Waals surface area (Å²) in [6.45, 7) is 1.50. The highest BCUT2D eigenvalue weighted by molar-refractivity contribution is 5.90. The van der Waals surface area contributed by atoms with Crippen LogP contribution >= 0.6 is 0 Å². The summed E-state index contributed by atoms with van der Waals surface area (Å²) < 4.78 is 0. The molecule has 3 nitrogen and oxygen atoms in total. The van der Waals surface area contributed by atoms with Gasteiger partial charge in [0.15, 0.2) is 0 Å². The molecule has 2 unspecified atom stereocenters. The molecule has 2 aliphatic rings. The fourth-order valence-corrected chi connectivity index (χ4v) is 2.31. The average Bonchev–Trinajstić information content (AvgIpc) is 2.60. The number of nitrogens with zero attached hydrogens (tertiary/aromatic N) is 1. The number of rotatable bonds is 1. The Bertz CT molecular complexity index is 235. The minimum Gasteiger partial charge on any atom is -0.274 e. The number of hydrogen-bond acceptors (Lipinski definition) is 2. The summed E-state index contributed by atoms with van der Waals surface area (Å²) in [4.78, 5) is 10.6. The van der Waals surface area contributed by atoms with Gasteiger partial charge in [-0.2, -0.15) is 5.10 Å². The number of carbonyl (C=O) groups is 1. The topological polar surface area (TPSA) is 41.5 Å². The summed E-state index contributed by atoms with van der Waals surface area (Å²) in [7, 11) is 0. The van der Waals surface area contributed by atoms with E-state index in [-0.39, 0.29) is 5.91 Å². The van der Waals surface area contributed by atoms with E-state index < -0.39 is 0 Å². The van der Waals surface area contributed by atoms with E-state index >= 15 is 0 Å². The highest BCUT2D eigenvalue weighted by atomic mass is 16.2. The molecule has 66 valence electrons. The first kappa shape index (κ1) is 7.77. The maximum Gasteiger partial charge on any atom is 0.236 e. The molecule has 3 heteroatoms. The zero-order valence-corrected chi connectivity index (χ0v) is 7.34. The molecule has 0 saturated heterocycles. The Morgan fingerprint density at radius 1 is 1.58 bits per heavy atom. The molecule has 0 aromatic rings. The lowest BCUT2D eigenvalue weighted by atomic mass is 9.99. The van der Waals surface area contributed by atoms with E-state index in [0.717, 1.165) is 12.3 Å². The third kappa shape index (κ3) is 1.36. The van der Waals surface area contributed by atoms with Gasteiger partial charge in [-0.05, 0) is 37.5 Å². The van der Waals surface area contributed by atoms with Crippen molar-refractivity contribution in [3.8, 4) is 0 Å². The third-order valence-electron chi connectivity index (χ3n) is 2.87. The summed E-state index contributed by atoms with van der Waals surface area (Å²) in [6.07, 6.45) is 5.07. The molecule has 1 amide bonds. The van der Waals surface area contributed by atoms with Crippen LogP contribution in [0.1, 0.15) is 32.6 Å². The first-order valence-corrected chi connectivity index (χ1v) is 4.58. The molecular weight excluding hydrogens is 152 g/mol. The number of nitrogens with one attached hydrogen (secondary N) is 1. The van der Waals surface area contributed by atoms with Crippen molar-refractivity contribution in [3.63, 3.8) is 0 Å². The van der Waals surface area contributed by atoms with Crippen LogP contribution in [0.25, 0.3) is 0 Å². The average molecular weight is 166 g/mol. The van der Waals surface area contributed by atoms with Crippen molar-refractivity contribution in [2.45, 2.75) is 32.6 Å². The maximum absolute atomic E-state index is 10.6. The molecule has 2 bridgehead atoms. The van der Waals surface area contributed by atoms with Crippen molar-refractivity contribution in [2.24, 2.45) is 16.9 Å². The first-order chi connectivity index (χ1) is 5.75. The second kappa shape index (κ2) is 2.88. The lowest BCUT2D eigenvalue weighted by molar-refractivity contribution is -0.118. The van der Waals surface area contributed by atoms with Crippen LogP contribution < -0.4 is 5.43 Å². The molecule has 1 N–H and O–H groups in total. The number of carbonyl (C=O) groups excluding carboxylic acids is 1. The highest BCUT2D eigenvalue weighted by Crippen LogP contribution is 2.42. The second-order valence-electron chi connectivity index (χ2n) is 3.85. The Morgan fingerprint density at radius 3 is 2.92 bits per heavy atom. The van der Waals surface area contributed by atoms with Gasteiger partial charge in [0.1, 0.15) is 0 Å². The van der Waals surface area contributed by atoms with Crippen molar-refractivity contribution in [1.82, 2.24) is 5.43 Å². The largest absolute Gasteiger partial charge is 0.274 e. The Labute approximate surface area is 72.2 Å². The molecule has 0 aliphatic heterocycles. The van der Waals surface area contributed by atoms with Crippen molar-refractivity contribution in [3.05, 3.63) is 0 Å². The molecule has 2 saturated carbocycles. The lowest BCUT2D eigenvalue weighted by Crippen LogP contribution is -2.19. The minimum absolute atomic E-state index is 0.0646. The number of hydrazone groups is 1. The normalized spacial score (nSPS) is 35.9. The van der Waals surface area contributed by atoms with Crippen LogP contribution in [0, 0.1) is 11.8 Å². The highest BCUT2D eigenvalue weighted by Gasteiger charge is 2.36. The van der Waals surface area contributed by atoms with Crippen molar-refractivity contribution < 1.29 is 4.79 Å². The maximum atomic E-state index is 10.6. The number of hydrogen-bond donors (Lipinski definition) is 1. The molecule has 0 radical (unpaired) electrons. The Balaban J connectivity index is 1.97. The van der Waals surface area contributed by atoms with Crippen LogP contribution in [0.4, 0.5) is 0 Å². The van der Waals surface area contributed by atoms with E-state index in [9.17, 15) is 4.79 Å². The Kier molecular flexibility index (Phi) is 1.87. The summed E-state index contributed by atoms with van der Waals surface area (Å²) in [5.41, 5.74) is 3.74.